The summed E-state index contributed by atoms with van der Waals surface area (Å²) in [7, 11) is 0. The third-order valence-electron chi connectivity index (χ3n) is 3.10. The van der Waals surface area contributed by atoms with Gasteiger partial charge in [0.15, 0.2) is 0 Å². The van der Waals surface area contributed by atoms with Gasteiger partial charge in [-0.2, -0.15) is 0 Å². The summed E-state index contributed by atoms with van der Waals surface area (Å²) >= 11 is 0. The van der Waals surface area contributed by atoms with Crippen molar-refractivity contribution in [1.82, 2.24) is 5.32 Å². The van der Waals surface area contributed by atoms with Crippen LogP contribution in [0.2, 0.25) is 0 Å². The van der Waals surface area contributed by atoms with Gasteiger partial charge in [-0.1, -0.05) is 32.4 Å². The van der Waals surface area contributed by atoms with Crippen molar-refractivity contribution in [2.75, 3.05) is 0 Å². The Hall–Kier alpha value is -2.04. The summed E-state index contributed by atoms with van der Waals surface area (Å²) in [6, 6.07) is 5.38. The normalized spacial score (nSPS) is 13.6. The molecule has 0 aliphatic carbocycles. The average molecular weight is 265 g/mol. The molecule has 0 aliphatic heterocycles. The van der Waals surface area contributed by atoms with Gasteiger partial charge in [-0.25, -0.2) is 4.79 Å². The first-order valence-electron chi connectivity index (χ1n) is 6.24. The second-order valence-electron chi connectivity index (χ2n) is 4.61. The van der Waals surface area contributed by atoms with Crippen LogP contribution in [-0.4, -0.2) is 28.1 Å². The molecule has 1 aromatic rings. The second kappa shape index (κ2) is 6.78. The molecule has 0 aliphatic rings. The van der Waals surface area contributed by atoms with Crippen molar-refractivity contribution < 1.29 is 19.8 Å². The zero-order valence-electron chi connectivity index (χ0n) is 11.1. The van der Waals surface area contributed by atoms with Crippen molar-refractivity contribution in [2.24, 2.45) is 5.92 Å². The lowest BCUT2D eigenvalue weighted by molar-refractivity contribution is -0.143. The quantitative estimate of drug-likeness (QED) is 0.728. The molecular formula is C14H19NO4. The number of rotatable bonds is 6. The molecule has 1 amide bonds. The smallest absolute Gasteiger partial charge is 0.326 e. The Morgan fingerprint density at radius 3 is 2.32 bits per heavy atom. The molecule has 1 rings (SSSR count). The monoisotopic (exact) mass is 265 g/mol. The van der Waals surface area contributed by atoms with E-state index in [9.17, 15) is 9.59 Å². The van der Waals surface area contributed by atoms with Crippen molar-refractivity contribution in [3.8, 4) is 5.75 Å². The third-order valence-corrected chi connectivity index (χ3v) is 3.10. The molecular weight excluding hydrogens is 246 g/mol. The minimum atomic E-state index is -1.02. The summed E-state index contributed by atoms with van der Waals surface area (Å²) in [6.45, 7) is 3.67. The summed E-state index contributed by atoms with van der Waals surface area (Å²) in [5.74, 6) is -1.35. The average Bonchev–Trinajstić information content (AvgIpc) is 2.37. The van der Waals surface area contributed by atoms with Crippen LogP contribution in [0.5, 0.6) is 5.75 Å². The van der Waals surface area contributed by atoms with E-state index in [2.05, 4.69) is 5.32 Å². The topological polar surface area (TPSA) is 86.6 Å². The van der Waals surface area contributed by atoms with Gasteiger partial charge in [-0.15, -0.1) is 0 Å². The van der Waals surface area contributed by atoms with Gasteiger partial charge in [-0.05, 0) is 23.6 Å². The molecule has 104 valence electrons. The number of phenols is 1. The van der Waals surface area contributed by atoms with Crippen molar-refractivity contribution in [3.63, 3.8) is 0 Å². The van der Waals surface area contributed by atoms with Gasteiger partial charge in [-0.3, -0.25) is 4.79 Å². The maximum atomic E-state index is 11.8. The maximum absolute atomic E-state index is 11.8. The number of benzene rings is 1. The lowest BCUT2D eigenvalue weighted by Crippen LogP contribution is -2.45. The molecule has 2 atom stereocenters. The van der Waals surface area contributed by atoms with E-state index in [1.54, 1.807) is 19.1 Å². The molecule has 0 fully saturated rings. The first kappa shape index (κ1) is 15.0. The largest absolute Gasteiger partial charge is 0.508 e. The van der Waals surface area contributed by atoms with Crippen LogP contribution in [0.1, 0.15) is 25.8 Å². The summed E-state index contributed by atoms with van der Waals surface area (Å²) < 4.78 is 0. The Kier molecular flexibility index (Phi) is 5.36. The van der Waals surface area contributed by atoms with Gasteiger partial charge in [0.2, 0.25) is 5.91 Å². The molecule has 19 heavy (non-hydrogen) atoms. The van der Waals surface area contributed by atoms with E-state index in [0.29, 0.717) is 6.42 Å². The summed E-state index contributed by atoms with van der Waals surface area (Å²) in [5, 5.41) is 20.7. The number of nitrogens with one attached hydrogen (secondary N) is 1. The van der Waals surface area contributed by atoms with Crippen molar-refractivity contribution >= 4 is 11.9 Å². The maximum Gasteiger partial charge on any atom is 0.326 e. The lowest BCUT2D eigenvalue weighted by Gasteiger charge is -2.20. The highest BCUT2D eigenvalue weighted by Crippen LogP contribution is 2.11. The zero-order chi connectivity index (χ0) is 14.4. The van der Waals surface area contributed by atoms with Crippen LogP contribution in [-0.2, 0) is 16.0 Å². The van der Waals surface area contributed by atoms with E-state index in [0.717, 1.165) is 5.56 Å². The van der Waals surface area contributed by atoms with Crippen molar-refractivity contribution in [3.05, 3.63) is 29.8 Å². The fraction of sp³-hybridized carbons (Fsp3) is 0.429. The predicted octanol–water partition coefficient (Wildman–Crippen LogP) is 1.55. The Morgan fingerprint density at radius 1 is 1.26 bits per heavy atom. The molecule has 5 heteroatoms. The Balaban J connectivity index is 2.62. The summed E-state index contributed by atoms with van der Waals surface area (Å²) in [5.41, 5.74) is 0.726. The molecule has 3 N–H and O–H groups in total. The molecule has 0 saturated carbocycles. The number of amides is 1. The molecule has 5 nitrogen and oxygen atoms in total. The minimum absolute atomic E-state index is 0.0977. The van der Waals surface area contributed by atoms with Crippen LogP contribution in [0.4, 0.5) is 0 Å². The van der Waals surface area contributed by atoms with Gasteiger partial charge in [0.25, 0.3) is 0 Å². The number of aromatic hydroxyl groups is 1. The fourth-order valence-electron chi connectivity index (χ4n) is 1.71. The third kappa shape index (κ3) is 4.62. The van der Waals surface area contributed by atoms with Crippen LogP contribution < -0.4 is 5.32 Å². The van der Waals surface area contributed by atoms with E-state index >= 15 is 0 Å². The van der Waals surface area contributed by atoms with Crippen LogP contribution in [0.15, 0.2) is 24.3 Å². The number of carbonyl (C=O) groups is 2. The molecule has 1 aromatic carbocycles. The van der Waals surface area contributed by atoms with Gasteiger partial charge < -0.3 is 15.5 Å². The highest BCUT2D eigenvalue weighted by atomic mass is 16.4. The molecule has 0 heterocycles. The van der Waals surface area contributed by atoms with E-state index in [-0.39, 0.29) is 24.0 Å². The van der Waals surface area contributed by atoms with E-state index in [1.165, 1.54) is 12.1 Å². The molecule has 0 spiro atoms. The van der Waals surface area contributed by atoms with E-state index < -0.39 is 12.0 Å². The highest BCUT2D eigenvalue weighted by Gasteiger charge is 2.25. The van der Waals surface area contributed by atoms with Crippen LogP contribution in [0.3, 0.4) is 0 Å². The lowest BCUT2D eigenvalue weighted by atomic mass is 9.99. The molecule has 1 unspecified atom stereocenters. The molecule has 0 radical (unpaired) electrons. The highest BCUT2D eigenvalue weighted by molar-refractivity contribution is 5.85. The molecule has 0 saturated heterocycles. The second-order valence-corrected chi connectivity index (χ2v) is 4.61. The van der Waals surface area contributed by atoms with Crippen LogP contribution in [0, 0.1) is 5.92 Å². The van der Waals surface area contributed by atoms with Crippen molar-refractivity contribution in [2.45, 2.75) is 32.7 Å². The number of aliphatic carboxylic acids is 1. The number of hydrogen-bond acceptors (Lipinski definition) is 3. The molecule has 0 aromatic heterocycles. The van der Waals surface area contributed by atoms with Crippen LogP contribution in [0.25, 0.3) is 0 Å². The Morgan fingerprint density at radius 2 is 1.84 bits per heavy atom. The van der Waals surface area contributed by atoms with Crippen molar-refractivity contribution in [1.29, 1.82) is 0 Å². The zero-order valence-corrected chi connectivity index (χ0v) is 11.1. The molecule has 0 bridgehead atoms. The predicted molar refractivity (Wildman–Crippen MR) is 70.8 cm³/mol. The minimum Gasteiger partial charge on any atom is -0.508 e. The fourth-order valence-corrected chi connectivity index (χ4v) is 1.71. The van der Waals surface area contributed by atoms with Gasteiger partial charge in [0.05, 0.1) is 6.42 Å². The summed E-state index contributed by atoms with van der Waals surface area (Å²) in [6.07, 6.45) is 0.775. The first-order chi connectivity index (χ1) is 8.93. The number of phenolic OH excluding ortho intramolecular Hbond substituents is 1. The van der Waals surface area contributed by atoms with Crippen LogP contribution >= 0.6 is 0 Å². The van der Waals surface area contributed by atoms with E-state index in [1.807, 2.05) is 6.92 Å². The number of carboxylic acids is 1. The number of hydrogen-bond donors (Lipinski definition) is 3. The van der Waals surface area contributed by atoms with Gasteiger partial charge in [0, 0.05) is 0 Å². The number of carbonyl (C=O) groups excluding carboxylic acids is 1. The first-order valence-corrected chi connectivity index (χ1v) is 6.24. The van der Waals surface area contributed by atoms with Gasteiger partial charge in [0.1, 0.15) is 11.8 Å². The Labute approximate surface area is 112 Å². The SMILES string of the molecule is CCC(C)[C@H](NC(=O)Cc1ccc(O)cc1)C(=O)O. The van der Waals surface area contributed by atoms with Gasteiger partial charge >= 0.3 is 5.97 Å². The number of carboxylic acid groups (broad SMARTS) is 1. The van der Waals surface area contributed by atoms with E-state index in [4.69, 9.17) is 10.2 Å². The Bertz CT molecular complexity index is 441. The standard InChI is InChI=1S/C14H19NO4/c1-3-9(2)13(14(18)19)15-12(17)8-10-4-6-11(16)7-5-10/h4-7,9,13,16H,3,8H2,1-2H3,(H,15,17)(H,18,19)/t9?,13-/m0/s1. The summed E-state index contributed by atoms with van der Waals surface area (Å²) in [4.78, 5) is 22.9.